The smallest absolute Gasteiger partial charge is 0.335 e. The van der Waals surface area contributed by atoms with Crippen molar-refractivity contribution in [1.29, 1.82) is 0 Å². The normalized spacial score (nSPS) is 11.2. The fourth-order valence-electron chi connectivity index (χ4n) is 2.10. The Bertz CT molecular complexity index is 497. The number of amides is 1. The predicted molar refractivity (Wildman–Crippen MR) is 80.2 cm³/mol. The van der Waals surface area contributed by atoms with Gasteiger partial charge >= 0.3 is 5.97 Å². The highest BCUT2D eigenvalue weighted by atomic mass is 16.4. The van der Waals surface area contributed by atoms with Gasteiger partial charge in [0.1, 0.15) is 0 Å². The van der Waals surface area contributed by atoms with Gasteiger partial charge in [-0.2, -0.15) is 0 Å². The van der Waals surface area contributed by atoms with Crippen molar-refractivity contribution in [2.45, 2.75) is 33.1 Å². The van der Waals surface area contributed by atoms with Crippen LogP contribution in [0.1, 0.15) is 42.6 Å². The lowest BCUT2D eigenvalue weighted by Crippen LogP contribution is -2.35. The first-order valence-electron chi connectivity index (χ1n) is 7.04. The molecule has 0 saturated heterocycles. The first kappa shape index (κ1) is 17.2. The van der Waals surface area contributed by atoms with Crippen LogP contribution in [-0.4, -0.2) is 35.2 Å². The molecule has 5 heteroatoms. The van der Waals surface area contributed by atoms with Gasteiger partial charge < -0.3 is 15.5 Å². The molecule has 0 spiro atoms. The molecule has 0 saturated carbocycles. The lowest BCUT2D eigenvalue weighted by atomic mass is 9.88. The van der Waals surface area contributed by atoms with E-state index in [9.17, 15) is 9.59 Å². The summed E-state index contributed by atoms with van der Waals surface area (Å²) in [6, 6.07) is 6.51. The molecule has 0 heterocycles. The van der Waals surface area contributed by atoms with Crippen LogP contribution in [0.5, 0.6) is 0 Å². The van der Waals surface area contributed by atoms with E-state index in [4.69, 9.17) is 10.2 Å². The minimum atomic E-state index is -1.03. The fraction of sp³-hybridized carbons (Fsp3) is 0.500. The summed E-state index contributed by atoms with van der Waals surface area (Å²) in [5, 5.41) is 20.8. The standard InChI is InChI=1S/C16H23NO4/c1-16(2,8-5-9-18)11-17-14(19)10-12-6-3-4-7-13(12)15(20)21/h3-4,6-7,18H,5,8-11H2,1-2H3,(H,17,19)(H,20,21). The SMILES string of the molecule is CC(C)(CCCO)CNC(=O)Cc1ccccc1C(=O)O. The van der Waals surface area contributed by atoms with Crippen molar-refractivity contribution >= 4 is 11.9 Å². The number of carboxylic acids is 1. The molecule has 0 unspecified atom stereocenters. The number of carboxylic acid groups (broad SMARTS) is 1. The second-order valence-electron chi connectivity index (χ2n) is 5.91. The van der Waals surface area contributed by atoms with Gasteiger partial charge in [-0.15, -0.1) is 0 Å². The molecule has 116 valence electrons. The average molecular weight is 293 g/mol. The number of carbonyl (C=O) groups is 2. The Morgan fingerprint density at radius 3 is 2.52 bits per heavy atom. The summed E-state index contributed by atoms with van der Waals surface area (Å²) in [7, 11) is 0. The summed E-state index contributed by atoms with van der Waals surface area (Å²) >= 11 is 0. The van der Waals surface area contributed by atoms with Gasteiger partial charge in [-0.05, 0) is 29.9 Å². The number of aliphatic hydroxyl groups excluding tert-OH is 1. The van der Waals surface area contributed by atoms with Crippen LogP contribution in [0.25, 0.3) is 0 Å². The van der Waals surface area contributed by atoms with Gasteiger partial charge in [-0.3, -0.25) is 4.79 Å². The van der Waals surface area contributed by atoms with Crippen molar-refractivity contribution in [2.24, 2.45) is 5.41 Å². The summed E-state index contributed by atoms with van der Waals surface area (Å²) in [6.45, 7) is 4.69. The third kappa shape index (κ3) is 5.95. The molecular weight excluding hydrogens is 270 g/mol. The van der Waals surface area contributed by atoms with E-state index in [0.29, 0.717) is 18.5 Å². The van der Waals surface area contributed by atoms with E-state index < -0.39 is 5.97 Å². The molecule has 0 bridgehead atoms. The van der Waals surface area contributed by atoms with Crippen LogP contribution in [0.3, 0.4) is 0 Å². The summed E-state index contributed by atoms with van der Waals surface area (Å²) < 4.78 is 0. The van der Waals surface area contributed by atoms with Crippen LogP contribution in [0.4, 0.5) is 0 Å². The maximum absolute atomic E-state index is 12.0. The van der Waals surface area contributed by atoms with E-state index in [1.807, 2.05) is 13.8 Å². The number of aromatic carboxylic acids is 1. The lowest BCUT2D eigenvalue weighted by Gasteiger charge is -2.24. The topological polar surface area (TPSA) is 86.6 Å². The van der Waals surface area contributed by atoms with Crippen LogP contribution >= 0.6 is 0 Å². The molecule has 0 aliphatic heterocycles. The van der Waals surface area contributed by atoms with Crippen molar-refractivity contribution in [3.63, 3.8) is 0 Å². The Kier molecular flexibility index (Phi) is 6.37. The number of benzene rings is 1. The van der Waals surface area contributed by atoms with Crippen LogP contribution in [0.2, 0.25) is 0 Å². The van der Waals surface area contributed by atoms with Crippen molar-refractivity contribution < 1.29 is 19.8 Å². The molecule has 1 aromatic carbocycles. The van der Waals surface area contributed by atoms with E-state index in [1.54, 1.807) is 18.2 Å². The Balaban J connectivity index is 2.57. The van der Waals surface area contributed by atoms with E-state index in [0.717, 1.165) is 6.42 Å². The zero-order valence-electron chi connectivity index (χ0n) is 12.6. The van der Waals surface area contributed by atoms with Crippen molar-refractivity contribution in [3.05, 3.63) is 35.4 Å². The highest BCUT2D eigenvalue weighted by Crippen LogP contribution is 2.20. The van der Waals surface area contributed by atoms with Crippen LogP contribution in [0, 0.1) is 5.41 Å². The third-order valence-electron chi connectivity index (χ3n) is 3.37. The number of aliphatic hydroxyl groups is 1. The third-order valence-corrected chi connectivity index (χ3v) is 3.37. The molecule has 0 fully saturated rings. The first-order valence-corrected chi connectivity index (χ1v) is 7.04. The minimum absolute atomic E-state index is 0.0541. The lowest BCUT2D eigenvalue weighted by molar-refractivity contribution is -0.120. The maximum atomic E-state index is 12.0. The Morgan fingerprint density at radius 1 is 1.24 bits per heavy atom. The molecule has 0 atom stereocenters. The monoisotopic (exact) mass is 293 g/mol. The van der Waals surface area contributed by atoms with Gasteiger partial charge in [0.15, 0.2) is 0 Å². The predicted octanol–water partition coefficient (Wildman–Crippen LogP) is 1.84. The van der Waals surface area contributed by atoms with E-state index in [1.165, 1.54) is 6.07 Å². The zero-order valence-corrected chi connectivity index (χ0v) is 12.6. The minimum Gasteiger partial charge on any atom is -0.478 e. The highest BCUT2D eigenvalue weighted by Gasteiger charge is 2.19. The van der Waals surface area contributed by atoms with Gasteiger partial charge in [0.25, 0.3) is 0 Å². The Morgan fingerprint density at radius 2 is 1.90 bits per heavy atom. The molecule has 0 radical (unpaired) electrons. The molecule has 1 rings (SSSR count). The molecule has 0 aromatic heterocycles. The largest absolute Gasteiger partial charge is 0.478 e. The molecule has 21 heavy (non-hydrogen) atoms. The number of nitrogens with one attached hydrogen (secondary N) is 1. The van der Waals surface area contributed by atoms with E-state index >= 15 is 0 Å². The molecule has 1 amide bonds. The Labute approximate surface area is 125 Å². The zero-order chi connectivity index (χ0) is 15.9. The fourth-order valence-corrected chi connectivity index (χ4v) is 2.10. The molecule has 1 aromatic rings. The quantitative estimate of drug-likeness (QED) is 0.682. The number of hydrogen-bond donors (Lipinski definition) is 3. The van der Waals surface area contributed by atoms with Crippen LogP contribution in [-0.2, 0) is 11.2 Å². The van der Waals surface area contributed by atoms with Crippen molar-refractivity contribution in [1.82, 2.24) is 5.32 Å². The van der Waals surface area contributed by atoms with Crippen LogP contribution < -0.4 is 5.32 Å². The second kappa shape index (κ2) is 7.78. The number of rotatable bonds is 8. The molecule has 0 aliphatic carbocycles. The number of hydrogen-bond acceptors (Lipinski definition) is 3. The summed E-state index contributed by atoms with van der Waals surface area (Å²) in [4.78, 5) is 23.0. The molecule has 3 N–H and O–H groups in total. The molecular formula is C16H23NO4. The van der Waals surface area contributed by atoms with Gasteiger partial charge in [-0.1, -0.05) is 32.0 Å². The second-order valence-corrected chi connectivity index (χ2v) is 5.91. The molecule has 0 aliphatic rings. The maximum Gasteiger partial charge on any atom is 0.335 e. The van der Waals surface area contributed by atoms with Crippen LogP contribution in [0.15, 0.2) is 24.3 Å². The van der Waals surface area contributed by atoms with Crippen molar-refractivity contribution in [3.8, 4) is 0 Å². The summed E-state index contributed by atoms with van der Waals surface area (Å²) in [5.41, 5.74) is 0.577. The molecule has 5 nitrogen and oxygen atoms in total. The highest BCUT2D eigenvalue weighted by molar-refractivity contribution is 5.91. The first-order chi connectivity index (χ1) is 9.85. The summed E-state index contributed by atoms with van der Waals surface area (Å²) in [6.07, 6.45) is 1.57. The summed E-state index contributed by atoms with van der Waals surface area (Å²) in [5.74, 6) is -1.22. The Hall–Kier alpha value is -1.88. The van der Waals surface area contributed by atoms with E-state index in [2.05, 4.69) is 5.32 Å². The van der Waals surface area contributed by atoms with Gasteiger partial charge in [-0.25, -0.2) is 4.79 Å². The average Bonchev–Trinajstić information content (AvgIpc) is 2.43. The van der Waals surface area contributed by atoms with Gasteiger partial charge in [0, 0.05) is 13.2 Å². The van der Waals surface area contributed by atoms with Crippen molar-refractivity contribution in [2.75, 3.05) is 13.2 Å². The van der Waals surface area contributed by atoms with Gasteiger partial charge in [0.2, 0.25) is 5.91 Å². The number of carbonyl (C=O) groups excluding carboxylic acids is 1. The van der Waals surface area contributed by atoms with Gasteiger partial charge in [0.05, 0.1) is 12.0 Å². The van der Waals surface area contributed by atoms with E-state index in [-0.39, 0.29) is 29.9 Å².